The molecule has 2 unspecified atom stereocenters. The van der Waals surface area contributed by atoms with E-state index in [1.54, 1.807) is 6.92 Å². The van der Waals surface area contributed by atoms with Crippen LogP contribution in [0.15, 0.2) is 0 Å². The topological polar surface area (TPSA) is 58.6 Å². The van der Waals surface area contributed by atoms with Crippen LogP contribution in [-0.2, 0) is 9.53 Å². The molecule has 100 valence electrons. The summed E-state index contributed by atoms with van der Waals surface area (Å²) in [5.41, 5.74) is -0.565. The van der Waals surface area contributed by atoms with Gasteiger partial charge in [-0.1, -0.05) is 0 Å². The van der Waals surface area contributed by atoms with Crippen molar-refractivity contribution < 1.29 is 14.6 Å². The van der Waals surface area contributed by atoms with E-state index in [9.17, 15) is 9.90 Å². The standard InChI is InChI=1S/C13H25NO3/c1-10(15)13(2,3)14-12(16)8-7-11-6-4-5-9-17-11/h10-11,15H,4-9H2,1-3H3,(H,14,16). The SMILES string of the molecule is CC(O)C(C)(C)NC(=O)CCC1CCCCO1. The molecule has 0 aliphatic carbocycles. The fraction of sp³-hybridized carbons (Fsp3) is 0.923. The van der Waals surface area contributed by atoms with Crippen LogP contribution in [0.1, 0.15) is 52.9 Å². The first kappa shape index (κ1) is 14.5. The Morgan fingerprint density at radius 3 is 2.76 bits per heavy atom. The van der Waals surface area contributed by atoms with Crippen LogP contribution < -0.4 is 5.32 Å². The Bertz CT molecular complexity index is 245. The lowest BCUT2D eigenvalue weighted by Gasteiger charge is -2.30. The molecule has 0 aromatic carbocycles. The van der Waals surface area contributed by atoms with Gasteiger partial charge in [-0.05, 0) is 46.5 Å². The quantitative estimate of drug-likeness (QED) is 0.771. The molecule has 4 heteroatoms. The maximum absolute atomic E-state index is 11.7. The van der Waals surface area contributed by atoms with Crippen LogP contribution in [0.25, 0.3) is 0 Å². The molecular formula is C13H25NO3. The van der Waals surface area contributed by atoms with Gasteiger partial charge in [-0.25, -0.2) is 0 Å². The Labute approximate surface area is 104 Å². The number of aliphatic hydroxyl groups is 1. The van der Waals surface area contributed by atoms with Gasteiger partial charge >= 0.3 is 0 Å². The Kier molecular flexibility index (Phi) is 5.40. The van der Waals surface area contributed by atoms with Crippen molar-refractivity contribution in [1.82, 2.24) is 5.32 Å². The highest BCUT2D eigenvalue weighted by atomic mass is 16.5. The van der Waals surface area contributed by atoms with Crippen LogP contribution in [0, 0.1) is 0 Å². The summed E-state index contributed by atoms with van der Waals surface area (Å²) in [4.78, 5) is 11.7. The monoisotopic (exact) mass is 243 g/mol. The van der Waals surface area contributed by atoms with Gasteiger partial charge in [0.2, 0.25) is 5.91 Å². The van der Waals surface area contributed by atoms with E-state index < -0.39 is 11.6 Å². The summed E-state index contributed by atoms with van der Waals surface area (Å²) in [6.07, 6.45) is 4.33. The van der Waals surface area contributed by atoms with Crippen molar-refractivity contribution in [3.8, 4) is 0 Å². The first-order valence-electron chi connectivity index (χ1n) is 6.52. The van der Waals surface area contributed by atoms with Gasteiger partial charge in [-0.15, -0.1) is 0 Å². The molecule has 1 rings (SSSR count). The predicted octanol–water partition coefficient (Wildman–Crippen LogP) is 1.61. The van der Waals surface area contributed by atoms with Crippen LogP contribution in [0.4, 0.5) is 0 Å². The van der Waals surface area contributed by atoms with E-state index in [1.165, 1.54) is 6.42 Å². The molecule has 1 aliphatic heterocycles. The van der Waals surface area contributed by atoms with Gasteiger partial charge in [0.05, 0.1) is 17.7 Å². The molecule has 0 bridgehead atoms. The highest BCUT2D eigenvalue weighted by Crippen LogP contribution is 2.17. The Morgan fingerprint density at radius 1 is 1.53 bits per heavy atom. The maximum Gasteiger partial charge on any atom is 0.220 e. The minimum absolute atomic E-state index is 0.00919. The number of aliphatic hydroxyl groups excluding tert-OH is 1. The smallest absolute Gasteiger partial charge is 0.220 e. The molecule has 0 radical (unpaired) electrons. The van der Waals surface area contributed by atoms with Crippen molar-refractivity contribution in [2.75, 3.05) is 6.61 Å². The Balaban J connectivity index is 2.25. The van der Waals surface area contributed by atoms with Crippen molar-refractivity contribution in [1.29, 1.82) is 0 Å². The predicted molar refractivity (Wildman–Crippen MR) is 66.7 cm³/mol. The zero-order valence-electron chi connectivity index (χ0n) is 11.2. The molecule has 0 spiro atoms. The van der Waals surface area contributed by atoms with Crippen molar-refractivity contribution in [2.45, 2.75) is 70.6 Å². The second-order valence-corrected chi connectivity index (χ2v) is 5.47. The lowest BCUT2D eigenvalue weighted by atomic mass is 9.98. The van der Waals surface area contributed by atoms with E-state index in [1.807, 2.05) is 13.8 Å². The minimum Gasteiger partial charge on any atom is -0.391 e. The van der Waals surface area contributed by atoms with Crippen molar-refractivity contribution >= 4 is 5.91 Å². The van der Waals surface area contributed by atoms with Crippen LogP contribution >= 0.6 is 0 Å². The summed E-state index contributed by atoms with van der Waals surface area (Å²) < 4.78 is 5.58. The summed E-state index contributed by atoms with van der Waals surface area (Å²) in [5, 5.41) is 12.4. The number of carbonyl (C=O) groups excluding carboxylic acids is 1. The third kappa shape index (κ3) is 5.04. The molecule has 1 saturated heterocycles. The molecule has 0 aromatic rings. The first-order valence-corrected chi connectivity index (χ1v) is 6.52. The van der Waals surface area contributed by atoms with Crippen LogP contribution in [-0.4, -0.2) is 35.4 Å². The van der Waals surface area contributed by atoms with Gasteiger partial charge in [0.15, 0.2) is 0 Å². The molecule has 17 heavy (non-hydrogen) atoms. The van der Waals surface area contributed by atoms with Crippen molar-refractivity contribution in [3.05, 3.63) is 0 Å². The third-order valence-electron chi connectivity index (χ3n) is 3.47. The largest absolute Gasteiger partial charge is 0.391 e. The fourth-order valence-electron chi connectivity index (χ4n) is 1.85. The van der Waals surface area contributed by atoms with Crippen LogP contribution in [0.3, 0.4) is 0 Å². The van der Waals surface area contributed by atoms with Gasteiger partial charge in [0.1, 0.15) is 0 Å². The molecule has 2 N–H and O–H groups in total. The van der Waals surface area contributed by atoms with E-state index >= 15 is 0 Å². The van der Waals surface area contributed by atoms with Gasteiger partial charge in [0.25, 0.3) is 0 Å². The average molecular weight is 243 g/mol. The summed E-state index contributed by atoms with van der Waals surface area (Å²) in [6.45, 7) is 6.16. The molecule has 1 aliphatic rings. The number of hydrogen-bond donors (Lipinski definition) is 2. The van der Waals surface area contributed by atoms with E-state index in [2.05, 4.69) is 5.32 Å². The zero-order chi connectivity index (χ0) is 12.9. The number of carbonyl (C=O) groups is 1. The van der Waals surface area contributed by atoms with Gasteiger partial charge in [-0.2, -0.15) is 0 Å². The lowest BCUT2D eigenvalue weighted by molar-refractivity contribution is -0.125. The molecular weight excluding hydrogens is 218 g/mol. The number of rotatable bonds is 5. The molecule has 0 saturated carbocycles. The average Bonchev–Trinajstić information content (AvgIpc) is 2.27. The summed E-state index contributed by atoms with van der Waals surface area (Å²) in [7, 11) is 0. The maximum atomic E-state index is 11.7. The zero-order valence-corrected chi connectivity index (χ0v) is 11.2. The fourth-order valence-corrected chi connectivity index (χ4v) is 1.85. The summed E-state index contributed by atoms with van der Waals surface area (Å²) in [6, 6.07) is 0. The highest BCUT2D eigenvalue weighted by molar-refractivity contribution is 5.76. The van der Waals surface area contributed by atoms with E-state index in [0.29, 0.717) is 6.42 Å². The molecule has 1 fully saturated rings. The Hall–Kier alpha value is -0.610. The number of hydrogen-bond acceptors (Lipinski definition) is 3. The second kappa shape index (κ2) is 6.36. The minimum atomic E-state index is -0.565. The normalized spacial score (nSPS) is 23.2. The molecule has 1 heterocycles. The molecule has 4 nitrogen and oxygen atoms in total. The van der Waals surface area contributed by atoms with Gasteiger partial charge < -0.3 is 15.2 Å². The number of nitrogens with one attached hydrogen (secondary N) is 1. The lowest BCUT2D eigenvalue weighted by Crippen LogP contribution is -2.51. The van der Waals surface area contributed by atoms with E-state index in [-0.39, 0.29) is 12.0 Å². The van der Waals surface area contributed by atoms with E-state index in [0.717, 1.165) is 25.9 Å². The van der Waals surface area contributed by atoms with Gasteiger partial charge in [-0.3, -0.25) is 4.79 Å². The van der Waals surface area contributed by atoms with Crippen LogP contribution in [0.2, 0.25) is 0 Å². The molecule has 2 atom stereocenters. The van der Waals surface area contributed by atoms with Crippen molar-refractivity contribution in [3.63, 3.8) is 0 Å². The number of ether oxygens (including phenoxy) is 1. The highest BCUT2D eigenvalue weighted by Gasteiger charge is 2.26. The van der Waals surface area contributed by atoms with Gasteiger partial charge in [0, 0.05) is 13.0 Å². The van der Waals surface area contributed by atoms with Crippen LogP contribution in [0.5, 0.6) is 0 Å². The van der Waals surface area contributed by atoms with E-state index in [4.69, 9.17) is 4.74 Å². The molecule has 1 amide bonds. The third-order valence-corrected chi connectivity index (χ3v) is 3.47. The summed E-state index contributed by atoms with van der Waals surface area (Å²) >= 11 is 0. The molecule has 0 aromatic heterocycles. The number of amides is 1. The second-order valence-electron chi connectivity index (χ2n) is 5.47. The van der Waals surface area contributed by atoms with Crippen molar-refractivity contribution in [2.24, 2.45) is 0 Å². The first-order chi connectivity index (χ1) is 7.92. The Morgan fingerprint density at radius 2 is 2.24 bits per heavy atom. The summed E-state index contributed by atoms with van der Waals surface area (Å²) in [5.74, 6) is -0.00919.